The standard InChI is InChI=1S/C23H20N4O/c28-22(19-7-6-16-4-1-2-5-18(16)14-19)25-20-10-8-17(9-11-20)21-15-27-13-3-12-24-23(27)26-21/h3,6-15H,1-2,4-5H2,(H,25,28). The van der Waals surface area contributed by atoms with Crippen LogP contribution in [0.15, 0.2) is 67.1 Å². The quantitative estimate of drug-likeness (QED) is 0.578. The first-order chi connectivity index (χ1) is 13.8. The third-order valence-corrected chi connectivity index (χ3v) is 5.28. The van der Waals surface area contributed by atoms with Crippen LogP contribution in [0, 0.1) is 0 Å². The van der Waals surface area contributed by atoms with E-state index in [9.17, 15) is 4.79 Å². The first kappa shape index (κ1) is 16.7. The van der Waals surface area contributed by atoms with Gasteiger partial charge in [0.25, 0.3) is 5.91 Å². The SMILES string of the molecule is O=C(Nc1ccc(-c2cn3cccnc3n2)cc1)c1ccc2c(c1)CCCC2. The molecule has 0 radical (unpaired) electrons. The van der Waals surface area contributed by atoms with Crippen molar-refractivity contribution >= 4 is 17.4 Å². The summed E-state index contributed by atoms with van der Waals surface area (Å²) < 4.78 is 1.89. The number of rotatable bonds is 3. The Morgan fingerprint density at radius 3 is 2.64 bits per heavy atom. The Kier molecular flexibility index (Phi) is 4.13. The number of benzene rings is 2. The summed E-state index contributed by atoms with van der Waals surface area (Å²) in [4.78, 5) is 21.4. The van der Waals surface area contributed by atoms with Crippen LogP contribution in [-0.2, 0) is 12.8 Å². The van der Waals surface area contributed by atoms with E-state index < -0.39 is 0 Å². The second kappa shape index (κ2) is 6.93. The van der Waals surface area contributed by atoms with Gasteiger partial charge in [-0.3, -0.25) is 9.20 Å². The number of nitrogens with zero attached hydrogens (tertiary/aromatic N) is 3. The first-order valence-electron chi connectivity index (χ1n) is 9.59. The van der Waals surface area contributed by atoms with E-state index in [-0.39, 0.29) is 5.91 Å². The second-order valence-corrected chi connectivity index (χ2v) is 7.18. The summed E-state index contributed by atoms with van der Waals surface area (Å²) in [6, 6.07) is 15.7. The van der Waals surface area contributed by atoms with Crippen LogP contribution in [0.4, 0.5) is 5.69 Å². The third kappa shape index (κ3) is 3.16. The lowest BCUT2D eigenvalue weighted by Crippen LogP contribution is -2.13. The normalized spacial score (nSPS) is 13.3. The highest BCUT2D eigenvalue weighted by atomic mass is 16.1. The highest BCUT2D eigenvalue weighted by Gasteiger charge is 2.13. The van der Waals surface area contributed by atoms with Crippen LogP contribution < -0.4 is 5.32 Å². The molecule has 1 aliphatic rings. The van der Waals surface area contributed by atoms with Gasteiger partial charge in [-0.1, -0.05) is 18.2 Å². The maximum absolute atomic E-state index is 12.6. The summed E-state index contributed by atoms with van der Waals surface area (Å²) in [5.74, 6) is 0.598. The molecular weight excluding hydrogens is 348 g/mol. The summed E-state index contributed by atoms with van der Waals surface area (Å²) in [7, 11) is 0. The Balaban J connectivity index is 1.34. The van der Waals surface area contributed by atoms with E-state index in [4.69, 9.17) is 0 Å². The summed E-state index contributed by atoms with van der Waals surface area (Å²) in [5.41, 5.74) is 6.02. The molecule has 28 heavy (non-hydrogen) atoms. The van der Waals surface area contributed by atoms with Crippen LogP contribution in [0.1, 0.15) is 34.3 Å². The Morgan fingerprint density at radius 2 is 1.82 bits per heavy atom. The lowest BCUT2D eigenvalue weighted by atomic mass is 9.90. The van der Waals surface area contributed by atoms with Crippen LogP contribution in [-0.4, -0.2) is 20.3 Å². The van der Waals surface area contributed by atoms with E-state index in [1.807, 2.05) is 59.3 Å². The molecule has 138 valence electrons. The molecule has 1 aliphatic carbocycles. The fourth-order valence-corrected chi connectivity index (χ4v) is 3.77. The predicted octanol–water partition coefficient (Wildman–Crippen LogP) is 4.53. The van der Waals surface area contributed by atoms with Crippen molar-refractivity contribution in [2.75, 3.05) is 5.32 Å². The number of hydrogen-bond donors (Lipinski definition) is 1. The molecule has 1 amide bonds. The van der Waals surface area contributed by atoms with E-state index in [1.165, 1.54) is 24.0 Å². The fourth-order valence-electron chi connectivity index (χ4n) is 3.77. The Hall–Kier alpha value is -3.47. The average molecular weight is 368 g/mol. The van der Waals surface area contributed by atoms with Gasteiger partial charge in [0.15, 0.2) is 0 Å². The maximum Gasteiger partial charge on any atom is 0.255 e. The molecule has 0 fully saturated rings. The van der Waals surface area contributed by atoms with Crippen molar-refractivity contribution in [2.45, 2.75) is 25.7 Å². The zero-order valence-electron chi connectivity index (χ0n) is 15.4. The number of carbonyl (C=O) groups excluding carboxylic acids is 1. The lowest BCUT2D eigenvalue weighted by Gasteiger charge is -2.16. The number of amides is 1. The highest BCUT2D eigenvalue weighted by molar-refractivity contribution is 6.04. The molecule has 5 heteroatoms. The van der Waals surface area contributed by atoms with Crippen LogP contribution in [0.3, 0.4) is 0 Å². The molecule has 0 unspecified atom stereocenters. The van der Waals surface area contributed by atoms with Gasteiger partial charge in [0.2, 0.25) is 5.78 Å². The second-order valence-electron chi connectivity index (χ2n) is 7.18. The first-order valence-corrected chi connectivity index (χ1v) is 9.59. The van der Waals surface area contributed by atoms with Crippen molar-refractivity contribution in [1.29, 1.82) is 0 Å². The number of carbonyl (C=O) groups is 1. The molecule has 0 atom stereocenters. The molecule has 1 N–H and O–H groups in total. The summed E-state index contributed by atoms with van der Waals surface area (Å²) in [5, 5.41) is 2.99. The van der Waals surface area contributed by atoms with E-state index >= 15 is 0 Å². The lowest BCUT2D eigenvalue weighted by molar-refractivity contribution is 0.102. The predicted molar refractivity (Wildman–Crippen MR) is 109 cm³/mol. The molecule has 5 nitrogen and oxygen atoms in total. The Labute approximate surface area is 163 Å². The highest BCUT2D eigenvalue weighted by Crippen LogP contribution is 2.24. The largest absolute Gasteiger partial charge is 0.322 e. The van der Waals surface area contributed by atoms with Crippen molar-refractivity contribution in [1.82, 2.24) is 14.4 Å². The van der Waals surface area contributed by atoms with Crippen LogP contribution in [0.5, 0.6) is 0 Å². The molecule has 0 saturated carbocycles. The fraction of sp³-hybridized carbons (Fsp3) is 0.174. The van der Waals surface area contributed by atoms with Crippen molar-refractivity contribution in [3.63, 3.8) is 0 Å². The zero-order valence-corrected chi connectivity index (χ0v) is 15.4. The molecule has 0 spiro atoms. The number of nitrogens with one attached hydrogen (secondary N) is 1. The van der Waals surface area contributed by atoms with Gasteiger partial charge in [-0.25, -0.2) is 9.97 Å². The molecule has 0 saturated heterocycles. The minimum absolute atomic E-state index is 0.0712. The molecule has 5 rings (SSSR count). The van der Waals surface area contributed by atoms with Gasteiger partial charge in [0.1, 0.15) is 0 Å². The van der Waals surface area contributed by atoms with Gasteiger partial charge in [0, 0.05) is 35.4 Å². The maximum atomic E-state index is 12.6. The van der Waals surface area contributed by atoms with Gasteiger partial charge in [-0.15, -0.1) is 0 Å². The Morgan fingerprint density at radius 1 is 1.00 bits per heavy atom. The van der Waals surface area contributed by atoms with Gasteiger partial charge in [-0.2, -0.15) is 0 Å². The van der Waals surface area contributed by atoms with Crippen molar-refractivity contribution in [2.24, 2.45) is 0 Å². The summed E-state index contributed by atoms with van der Waals surface area (Å²) >= 11 is 0. The number of hydrogen-bond acceptors (Lipinski definition) is 3. The van der Waals surface area contributed by atoms with E-state index in [0.29, 0.717) is 5.78 Å². The number of fused-ring (bicyclic) bond motifs is 2. The minimum Gasteiger partial charge on any atom is -0.322 e. The van der Waals surface area contributed by atoms with Gasteiger partial charge in [-0.05, 0) is 67.1 Å². The zero-order chi connectivity index (χ0) is 18.9. The molecular formula is C23H20N4O. The van der Waals surface area contributed by atoms with Gasteiger partial charge in [0.05, 0.1) is 5.69 Å². The topological polar surface area (TPSA) is 59.3 Å². The molecule has 0 bridgehead atoms. The molecule has 4 aromatic rings. The van der Waals surface area contributed by atoms with Crippen molar-refractivity contribution < 1.29 is 4.79 Å². The monoisotopic (exact) mass is 368 g/mol. The molecule has 0 aliphatic heterocycles. The smallest absolute Gasteiger partial charge is 0.255 e. The van der Waals surface area contributed by atoms with Gasteiger partial charge < -0.3 is 5.32 Å². The van der Waals surface area contributed by atoms with Crippen LogP contribution >= 0.6 is 0 Å². The molecule has 2 aromatic heterocycles. The number of aromatic nitrogens is 3. The minimum atomic E-state index is -0.0712. The number of anilines is 1. The van der Waals surface area contributed by atoms with E-state index in [0.717, 1.165) is 35.3 Å². The number of imidazole rings is 1. The van der Waals surface area contributed by atoms with Crippen LogP contribution in [0.25, 0.3) is 17.0 Å². The van der Waals surface area contributed by atoms with E-state index in [1.54, 1.807) is 6.20 Å². The third-order valence-electron chi connectivity index (χ3n) is 5.28. The number of aryl methyl sites for hydroxylation is 2. The van der Waals surface area contributed by atoms with E-state index in [2.05, 4.69) is 21.4 Å². The van der Waals surface area contributed by atoms with Gasteiger partial charge >= 0.3 is 0 Å². The Bertz CT molecular complexity index is 1130. The summed E-state index contributed by atoms with van der Waals surface area (Å²) in [6.45, 7) is 0. The molecule has 2 aromatic carbocycles. The van der Waals surface area contributed by atoms with Crippen molar-refractivity contribution in [3.8, 4) is 11.3 Å². The average Bonchev–Trinajstić information content (AvgIpc) is 3.18. The summed E-state index contributed by atoms with van der Waals surface area (Å²) in [6.07, 6.45) is 10.2. The van der Waals surface area contributed by atoms with Crippen molar-refractivity contribution in [3.05, 3.63) is 83.8 Å². The van der Waals surface area contributed by atoms with Crippen LogP contribution in [0.2, 0.25) is 0 Å². The molecule has 2 heterocycles.